The van der Waals surface area contributed by atoms with Crippen LogP contribution in [0.2, 0.25) is 0 Å². The monoisotopic (exact) mass is 249 g/mol. The van der Waals surface area contributed by atoms with Crippen molar-refractivity contribution in [1.29, 1.82) is 0 Å². The third kappa shape index (κ3) is 3.09. The van der Waals surface area contributed by atoms with E-state index in [2.05, 4.69) is 0 Å². The van der Waals surface area contributed by atoms with Gasteiger partial charge in [-0.05, 0) is 43.0 Å². The highest BCUT2D eigenvalue weighted by Gasteiger charge is 2.10. The van der Waals surface area contributed by atoms with Gasteiger partial charge >= 0.3 is 0 Å². The van der Waals surface area contributed by atoms with E-state index in [1.807, 2.05) is 26.0 Å². The first kappa shape index (κ1) is 14.2. The largest absolute Gasteiger partial charge is 0.496 e. The molecule has 0 heterocycles. The molecule has 4 nitrogen and oxygen atoms in total. The van der Waals surface area contributed by atoms with E-state index >= 15 is 0 Å². The van der Waals surface area contributed by atoms with Crippen LogP contribution >= 0.6 is 0 Å². The summed E-state index contributed by atoms with van der Waals surface area (Å²) >= 11 is 0. The molecule has 0 aliphatic carbocycles. The predicted molar refractivity (Wildman–Crippen MR) is 69.9 cm³/mol. The summed E-state index contributed by atoms with van der Waals surface area (Å²) in [7, 11) is 3.28. The van der Waals surface area contributed by atoms with E-state index in [0.29, 0.717) is 12.8 Å². The second-order valence-corrected chi connectivity index (χ2v) is 4.30. The van der Waals surface area contributed by atoms with E-state index in [4.69, 9.17) is 4.74 Å². The summed E-state index contributed by atoms with van der Waals surface area (Å²) in [6, 6.07) is 3.93. The Morgan fingerprint density at radius 2 is 2.00 bits per heavy atom. The zero-order valence-corrected chi connectivity index (χ0v) is 11.3. The smallest absolute Gasteiger partial charge is 0.286 e. The number of aldehydes is 1. The number of likely N-dealkylation sites (N-methyl/N-ethyl adjacent to an activating group) is 1. The lowest BCUT2D eigenvalue weighted by Gasteiger charge is -2.16. The van der Waals surface area contributed by atoms with Crippen LogP contribution in [0.15, 0.2) is 12.1 Å². The Morgan fingerprint density at radius 1 is 1.33 bits per heavy atom. The fourth-order valence-corrected chi connectivity index (χ4v) is 1.83. The maximum atomic E-state index is 11.1. The molecular weight excluding hydrogens is 230 g/mol. The van der Waals surface area contributed by atoms with Crippen LogP contribution in [0.25, 0.3) is 0 Å². The number of hydrogen-bond donors (Lipinski definition) is 0. The number of carbonyl (C=O) groups is 2. The molecule has 18 heavy (non-hydrogen) atoms. The predicted octanol–water partition coefficient (Wildman–Crippen LogP) is 1.51. The van der Waals surface area contributed by atoms with Gasteiger partial charge in [0.05, 0.1) is 7.11 Å². The molecule has 0 atom stereocenters. The van der Waals surface area contributed by atoms with Gasteiger partial charge in [0.1, 0.15) is 5.75 Å². The molecule has 0 aliphatic heterocycles. The van der Waals surface area contributed by atoms with Crippen molar-refractivity contribution >= 4 is 12.2 Å². The van der Waals surface area contributed by atoms with Gasteiger partial charge in [-0.3, -0.25) is 9.59 Å². The second kappa shape index (κ2) is 6.19. The van der Waals surface area contributed by atoms with Crippen LogP contribution in [0, 0.1) is 13.8 Å². The van der Waals surface area contributed by atoms with Crippen LogP contribution < -0.4 is 4.74 Å². The first-order chi connectivity index (χ1) is 8.51. The van der Waals surface area contributed by atoms with Crippen molar-refractivity contribution in [2.24, 2.45) is 0 Å². The van der Waals surface area contributed by atoms with Crippen molar-refractivity contribution in [2.75, 3.05) is 20.7 Å². The van der Waals surface area contributed by atoms with Crippen LogP contribution in [0.1, 0.15) is 16.7 Å². The molecule has 0 aromatic heterocycles. The number of rotatable bonds is 5. The molecule has 1 aromatic carbocycles. The molecule has 0 unspecified atom stereocenters. The second-order valence-electron chi connectivity index (χ2n) is 4.30. The summed E-state index contributed by atoms with van der Waals surface area (Å²) < 4.78 is 5.25. The zero-order chi connectivity index (χ0) is 13.7. The highest BCUT2D eigenvalue weighted by molar-refractivity contribution is 6.23. The number of hydrogen-bond acceptors (Lipinski definition) is 3. The molecule has 0 radical (unpaired) electrons. The van der Waals surface area contributed by atoms with E-state index in [9.17, 15) is 9.59 Å². The zero-order valence-electron chi connectivity index (χ0n) is 11.3. The van der Waals surface area contributed by atoms with Crippen LogP contribution in [-0.2, 0) is 16.0 Å². The van der Waals surface area contributed by atoms with Crippen LogP contribution in [0.4, 0.5) is 0 Å². The van der Waals surface area contributed by atoms with Crippen LogP contribution in [-0.4, -0.2) is 37.8 Å². The molecule has 1 amide bonds. The van der Waals surface area contributed by atoms with Crippen molar-refractivity contribution in [3.05, 3.63) is 28.8 Å². The van der Waals surface area contributed by atoms with Gasteiger partial charge in [0.25, 0.3) is 5.91 Å². The van der Waals surface area contributed by atoms with Crippen molar-refractivity contribution in [3.63, 3.8) is 0 Å². The molecule has 0 saturated heterocycles. The van der Waals surface area contributed by atoms with Crippen molar-refractivity contribution in [2.45, 2.75) is 20.3 Å². The third-order valence-electron chi connectivity index (χ3n) is 3.26. The molecule has 0 spiro atoms. The molecule has 1 rings (SSSR count). The Labute approximate surface area is 108 Å². The lowest BCUT2D eigenvalue weighted by molar-refractivity contribution is -0.137. The molecule has 0 aliphatic rings. The van der Waals surface area contributed by atoms with Gasteiger partial charge in [-0.1, -0.05) is 6.07 Å². The Morgan fingerprint density at radius 3 is 2.56 bits per heavy atom. The molecular formula is C14H19NO3. The van der Waals surface area contributed by atoms with Gasteiger partial charge in [-0.15, -0.1) is 0 Å². The Balaban J connectivity index is 2.77. The van der Waals surface area contributed by atoms with Gasteiger partial charge in [0.15, 0.2) is 0 Å². The van der Waals surface area contributed by atoms with Gasteiger partial charge in [-0.25, -0.2) is 0 Å². The number of ether oxygens (including phenoxy) is 1. The lowest BCUT2D eigenvalue weighted by Crippen LogP contribution is -2.29. The molecule has 0 fully saturated rings. The summed E-state index contributed by atoms with van der Waals surface area (Å²) in [6.45, 7) is 4.58. The summed E-state index contributed by atoms with van der Waals surface area (Å²) in [5, 5.41) is 0. The minimum Gasteiger partial charge on any atom is -0.496 e. The quantitative estimate of drug-likeness (QED) is 0.587. The summed E-state index contributed by atoms with van der Waals surface area (Å²) in [6.07, 6.45) is 1.07. The molecule has 0 saturated carbocycles. The normalized spacial score (nSPS) is 10.0. The number of benzene rings is 1. The molecule has 1 aromatic rings. The SMILES string of the molecule is COc1ccc(CCN(C)C(=O)C=O)c(C)c1C. The van der Waals surface area contributed by atoms with E-state index in [1.165, 1.54) is 16.0 Å². The van der Waals surface area contributed by atoms with Crippen molar-refractivity contribution in [3.8, 4) is 5.75 Å². The maximum absolute atomic E-state index is 11.1. The minimum atomic E-state index is -0.488. The number of methoxy groups -OCH3 is 1. The third-order valence-corrected chi connectivity index (χ3v) is 3.26. The van der Waals surface area contributed by atoms with Crippen LogP contribution in [0.3, 0.4) is 0 Å². The van der Waals surface area contributed by atoms with E-state index in [-0.39, 0.29) is 0 Å². The fraction of sp³-hybridized carbons (Fsp3) is 0.429. The van der Waals surface area contributed by atoms with E-state index < -0.39 is 5.91 Å². The van der Waals surface area contributed by atoms with Gasteiger partial charge in [0, 0.05) is 13.6 Å². The number of nitrogens with zero attached hydrogens (tertiary/aromatic N) is 1. The molecule has 98 valence electrons. The average molecular weight is 249 g/mol. The fourth-order valence-electron chi connectivity index (χ4n) is 1.83. The molecule has 0 bridgehead atoms. The van der Waals surface area contributed by atoms with Gasteiger partial charge < -0.3 is 9.64 Å². The average Bonchev–Trinajstić information content (AvgIpc) is 2.39. The molecule has 4 heteroatoms. The minimum absolute atomic E-state index is 0.339. The Kier molecular flexibility index (Phi) is 4.89. The Hall–Kier alpha value is -1.84. The van der Waals surface area contributed by atoms with Crippen molar-refractivity contribution < 1.29 is 14.3 Å². The highest BCUT2D eigenvalue weighted by Crippen LogP contribution is 2.24. The van der Waals surface area contributed by atoms with E-state index in [0.717, 1.165) is 17.7 Å². The maximum Gasteiger partial charge on any atom is 0.286 e. The summed E-state index contributed by atoms with van der Waals surface area (Å²) in [4.78, 5) is 22.9. The van der Waals surface area contributed by atoms with Crippen molar-refractivity contribution in [1.82, 2.24) is 4.90 Å². The standard InChI is InChI=1S/C14H19NO3/c1-10-11(2)13(18-4)6-5-12(10)7-8-15(3)14(17)9-16/h5-6,9H,7-8H2,1-4H3. The number of carbonyl (C=O) groups excluding carboxylic acids is 2. The topological polar surface area (TPSA) is 46.6 Å². The van der Waals surface area contributed by atoms with Gasteiger partial charge in [-0.2, -0.15) is 0 Å². The Bertz CT molecular complexity index is 455. The highest BCUT2D eigenvalue weighted by atomic mass is 16.5. The lowest BCUT2D eigenvalue weighted by atomic mass is 10.00. The summed E-state index contributed by atoms with van der Waals surface area (Å²) in [5.41, 5.74) is 3.44. The first-order valence-corrected chi connectivity index (χ1v) is 5.84. The first-order valence-electron chi connectivity index (χ1n) is 5.84. The molecule has 0 N–H and O–H groups in total. The summed E-state index contributed by atoms with van der Waals surface area (Å²) in [5.74, 6) is 0.381. The van der Waals surface area contributed by atoms with Crippen LogP contribution in [0.5, 0.6) is 5.75 Å². The number of amides is 1. The van der Waals surface area contributed by atoms with Gasteiger partial charge in [0.2, 0.25) is 6.29 Å². The van der Waals surface area contributed by atoms with E-state index in [1.54, 1.807) is 14.2 Å².